The summed E-state index contributed by atoms with van der Waals surface area (Å²) in [4.78, 5) is 12.1. The molecule has 0 spiro atoms. The lowest BCUT2D eigenvalue weighted by Crippen LogP contribution is -2.14. The van der Waals surface area contributed by atoms with Gasteiger partial charge in [0.15, 0.2) is 0 Å². The van der Waals surface area contributed by atoms with Gasteiger partial charge in [-0.05, 0) is 48.9 Å². The molecular formula is C17H13Cl2NO2. The second-order valence-corrected chi connectivity index (χ2v) is 5.93. The number of fused-ring (bicyclic) bond motifs is 1. The summed E-state index contributed by atoms with van der Waals surface area (Å²) in [6, 6.07) is 10.7. The number of amides is 1. The fourth-order valence-corrected chi connectivity index (χ4v) is 2.54. The fourth-order valence-electron chi connectivity index (χ4n) is 2.25. The molecule has 2 aromatic carbocycles. The molecule has 1 amide bonds. The van der Waals surface area contributed by atoms with E-state index in [0.29, 0.717) is 15.7 Å². The van der Waals surface area contributed by atoms with Crippen LogP contribution in [0.2, 0.25) is 10.0 Å². The van der Waals surface area contributed by atoms with Gasteiger partial charge in [-0.2, -0.15) is 0 Å². The maximum absolute atomic E-state index is 12.1. The van der Waals surface area contributed by atoms with Crippen LogP contribution in [-0.4, -0.2) is 5.91 Å². The molecule has 0 fully saturated rings. The molecule has 0 saturated carbocycles. The molecule has 22 heavy (non-hydrogen) atoms. The van der Waals surface area contributed by atoms with E-state index < -0.39 is 0 Å². The molecule has 1 N–H and O–H groups in total. The maximum Gasteiger partial charge on any atom is 0.228 e. The smallest absolute Gasteiger partial charge is 0.228 e. The van der Waals surface area contributed by atoms with E-state index in [0.717, 1.165) is 22.1 Å². The number of halogens is 2. The first-order chi connectivity index (χ1) is 10.5. The highest BCUT2D eigenvalue weighted by Gasteiger charge is 2.12. The van der Waals surface area contributed by atoms with Crippen molar-refractivity contribution in [2.45, 2.75) is 13.3 Å². The molecule has 1 aromatic heterocycles. The van der Waals surface area contributed by atoms with Gasteiger partial charge >= 0.3 is 0 Å². The molecular weight excluding hydrogens is 321 g/mol. The van der Waals surface area contributed by atoms with Gasteiger partial charge in [0.05, 0.1) is 12.7 Å². The van der Waals surface area contributed by atoms with Crippen LogP contribution in [0, 0.1) is 6.92 Å². The minimum atomic E-state index is -0.123. The number of aryl methyl sites for hydroxylation is 1. The minimum absolute atomic E-state index is 0.123. The maximum atomic E-state index is 12.1. The number of hydrogen-bond acceptors (Lipinski definition) is 2. The fraction of sp³-hybridized carbons (Fsp3) is 0.118. The second kappa shape index (κ2) is 6.03. The molecule has 0 aliphatic rings. The van der Waals surface area contributed by atoms with Gasteiger partial charge in [-0.15, -0.1) is 0 Å². The van der Waals surface area contributed by atoms with Crippen LogP contribution in [0.25, 0.3) is 11.0 Å². The van der Waals surface area contributed by atoms with Gasteiger partial charge in [-0.1, -0.05) is 23.2 Å². The van der Waals surface area contributed by atoms with Gasteiger partial charge in [0.2, 0.25) is 5.91 Å². The first kappa shape index (κ1) is 14.9. The largest absolute Gasteiger partial charge is 0.464 e. The third-order valence-electron chi connectivity index (χ3n) is 3.41. The van der Waals surface area contributed by atoms with E-state index in [9.17, 15) is 4.79 Å². The summed E-state index contributed by atoms with van der Waals surface area (Å²) in [6.45, 7) is 1.91. The monoisotopic (exact) mass is 333 g/mol. The lowest BCUT2D eigenvalue weighted by molar-refractivity contribution is -0.115. The standard InChI is InChI=1S/C17H13Cl2NO2/c1-10-6-16-14(8-15(10)19)11(9-22-16)7-17(21)20-13-4-2-12(18)3-5-13/h2-6,8-9H,7H2,1H3,(H,20,21). The Balaban J connectivity index is 1.79. The van der Waals surface area contributed by atoms with Crippen molar-refractivity contribution in [3.8, 4) is 0 Å². The molecule has 0 radical (unpaired) electrons. The highest BCUT2D eigenvalue weighted by Crippen LogP contribution is 2.28. The zero-order valence-electron chi connectivity index (χ0n) is 11.8. The van der Waals surface area contributed by atoms with E-state index in [4.69, 9.17) is 27.6 Å². The number of anilines is 1. The Labute approximate surface area is 137 Å². The van der Waals surface area contributed by atoms with Crippen molar-refractivity contribution in [1.29, 1.82) is 0 Å². The summed E-state index contributed by atoms with van der Waals surface area (Å²) in [5.41, 5.74) is 3.19. The van der Waals surface area contributed by atoms with E-state index in [2.05, 4.69) is 5.32 Å². The first-order valence-corrected chi connectivity index (χ1v) is 7.50. The van der Waals surface area contributed by atoms with Crippen LogP contribution in [-0.2, 0) is 11.2 Å². The van der Waals surface area contributed by atoms with E-state index in [1.54, 1.807) is 30.5 Å². The lowest BCUT2D eigenvalue weighted by Gasteiger charge is -2.05. The Kier molecular flexibility index (Phi) is 4.10. The first-order valence-electron chi connectivity index (χ1n) is 6.74. The molecule has 0 aliphatic heterocycles. The Morgan fingerprint density at radius 2 is 1.91 bits per heavy atom. The van der Waals surface area contributed by atoms with Crippen LogP contribution >= 0.6 is 23.2 Å². The van der Waals surface area contributed by atoms with Crippen LogP contribution in [0.15, 0.2) is 47.1 Å². The zero-order valence-corrected chi connectivity index (χ0v) is 13.3. The predicted molar refractivity (Wildman–Crippen MR) is 89.7 cm³/mol. The number of carbonyl (C=O) groups is 1. The van der Waals surface area contributed by atoms with Crippen molar-refractivity contribution in [2.75, 3.05) is 5.32 Å². The van der Waals surface area contributed by atoms with E-state index >= 15 is 0 Å². The molecule has 3 rings (SSSR count). The third kappa shape index (κ3) is 3.11. The van der Waals surface area contributed by atoms with E-state index in [1.807, 2.05) is 19.1 Å². The molecule has 5 heteroatoms. The van der Waals surface area contributed by atoms with Gasteiger partial charge in [0.1, 0.15) is 5.58 Å². The number of benzene rings is 2. The third-order valence-corrected chi connectivity index (χ3v) is 4.07. The molecule has 0 aliphatic carbocycles. The van der Waals surface area contributed by atoms with E-state index in [-0.39, 0.29) is 12.3 Å². The lowest BCUT2D eigenvalue weighted by atomic mass is 10.1. The van der Waals surface area contributed by atoms with Crippen LogP contribution in [0.4, 0.5) is 5.69 Å². The normalized spacial score (nSPS) is 10.9. The van der Waals surface area contributed by atoms with Crippen molar-refractivity contribution in [2.24, 2.45) is 0 Å². The molecule has 1 heterocycles. The summed E-state index contributed by atoms with van der Waals surface area (Å²) in [7, 11) is 0. The summed E-state index contributed by atoms with van der Waals surface area (Å²) >= 11 is 12.0. The summed E-state index contributed by atoms with van der Waals surface area (Å²) in [5, 5.41) is 4.98. The number of rotatable bonds is 3. The van der Waals surface area contributed by atoms with Gasteiger partial charge in [0, 0.05) is 26.7 Å². The number of furan rings is 1. The van der Waals surface area contributed by atoms with Crippen LogP contribution < -0.4 is 5.32 Å². The molecule has 3 aromatic rings. The van der Waals surface area contributed by atoms with Crippen LogP contribution in [0.1, 0.15) is 11.1 Å². The van der Waals surface area contributed by atoms with Crippen molar-refractivity contribution >= 4 is 45.8 Å². The second-order valence-electron chi connectivity index (χ2n) is 5.09. The average molecular weight is 334 g/mol. The predicted octanol–water partition coefficient (Wildman–Crippen LogP) is 5.23. The zero-order chi connectivity index (χ0) is 15.7. The molecule has 3 nitrogen and oxygen atoms in total. The number of carbonyl (C=O) groups excluding carboxylic acids is 1. The SMILES string of the molecule is Cc1cc2occ(CC(=O)Nc3ccc(Cl)cc3)c2cc1Cl. The molecule has 112 valence electrons. The summed E-state index contributed by atoms with van der Waals surface area (Å²) in [5.74, 6) is -0.123. The van der Waals surface area contributed by atoms with Crippen LogP contribution in [0.5, 0.6) is 0 Å². The summed E-state index contributed by atoms with van der Waals surface area (Å²) in [6.07, 6.45) is 1.82. The van der Waals surface area contributed by atoms with Crippen molar-refractivity contribution in [3.05, 3.63) is 63.8 Å². The Morgan fingerprint density at radius 3 is 2.64 bits per heavy atom. The highest BCUT2D eigenvalue weighted by atomic mass is 35.5. The van der Waals surface area contributed by atoms with E-state index in [1.165, 1.54) is 0 Å². The Hall–Kier alpha value is -1.97. The van der Waals surface area contributed by atoms with Crippen molar-refractivity contribution < 1.29 is 9.21 Å². The molecule has 0 atom stereocenters. The molecule has 0 bridgehead atoms. The topological polar surface area (TPSA) is 42.2 Å². The Morgan fingerprint density at radius 1 is 1.18 bits per heavy atom. The molecule has 0 saturated heterocycles. The van der Waals surface area contributed by atoms with Crippen LogP contribution in [0.3, 0.4) is 0 Å². The van der Waals surface area contributed by atoms with Crippen molar-refractivity contribution in [1.82, 2.24) is 0 Å². The number of hydrogen-bond donors (Lipinski definition) is 1. The average Bonchev–Trinajstić information content (AvgIpc) is 2.84. The number of nitrogens with one attached hydrogen (secondary N) is 1. The highest BCUT2D eigenvalue weighted by molar-refractivity contribution is 6.32. The minimum Gasteiger partial charge on any atom is -0.464 e. The van der Waals surface area contributed by atoms with Gasteiger partial charge in [-0.25, -0.2) is 0 Å². The quantitative estimate of drug-likeness (QED) is 0.713. The van der Waals surface area contributed by atoms with Gasteiger partial charge < -0.3 is 9.73 Å². The molecule has 0 unspecified atom stereocenters. The van der Waals surface area contributed by atoms with Crippen molar-refractivity contribution in [3.63, 3.8) is 0 Å². The Bertz CT molecular complexity index is 838. The van der Waals surface area contributed by atoms with Gasteiger partial charge in [-0.3, -0.25) is 4.79 Å². The summed E-state index contributed by atoms with van der Waals surface area (Å²) < 4.78 is 5.50. The van der Waals surface area contributed by atoms with Gasteiger partial charge in [0.25, 0.3) is 0 Å².